The van der Waals surface area contributed by atoms with Crippen LogP contribution < -0.4 is 0 Å². The van der Waals surface area contributed by atoms with E-state index in [4.69, 9.17) is 16.1 Å². The third kappa shape index (κ3) is 3.37. The molecule has 0 aliphatic rings. The molecule has 2 rings (SSSR count). The summed E-state index contributed by atoms with van der Waals surface area (Å²) in [4.78, 5) is 0. The van der Waals surface area contributed by atoms with Crippen LogP contribution in [0, 0.1) is 19.7 Å². The number of hydrogen-bond acceptors (Lipinski definition) is 4. The van der Waals surface area contributed by atoms with E-state index in [2.05, 4.69) is 5.16 Å². The molecule has 0 spiro atoms. The number of aromatic nitrogens is 1. The van der Waals surface area contributed by atoms with Crippen molar-refractivity contribution in [3.63, 3.8) is 0 Å². The Bertz CT molecular complexity index is 721. The second-order valence-corrected chi connectivity index (χ2v) is 7.04. The standard InChI is InChI=1S/C13H13ClFNO3S/c1-8-12(9(2)19-16-8)7-20(17,18)6-10-3-4-11(15)5-13(10)14/h3-5H,6-7H2,1-2H3. The fourth-order valence-corrected chi connectivity index (χ4v) is 3.85. The van der Waals surface area contributed by atoms with Crippen molar-refractivity contribution in [1.82, 2.24) is 5.16 Å². The number of halogens is 2. The van der Waals surface area contributed by atoms with E-state index in [9.17, 15) is 12.8 Å². The summed E-state index contributed by atoms with van der Waals surface area (Å²) in [5.74, 6) is -0.448. The lowest BCUT2D eigenvalue weighted by molar-refractivity contribution is 0.392. The summed E-state index contributed by atoms with van der Waals surface area (Å²) in [6.07, 6.45) is 0. The molecule has 0 amide bonds. The van der Waals surface area contributed by atoms with Gasteiger partial charge in [-0.2, -0.15) is 0 Å². The molecule has 0 aliphatic carbocycles. The Balaban J connectivity index is 2.24. The van der Waals surface area contributed by atoms with Gasteiger partial charge in [0.15, 0.2) is 9.84 Å². The van der Waals surface area contributed by atoms with Crippen LogP contribution in [0.1, 0.15) is 22.6 Å². The van der Waals surface area contributed by atoms with Crippen molar-refractivity contribution in [2.24, 2.45) is 0 Å². The summed E-state index contributed by atoms with van der Waals surface area (Å²) in [6, 6.07) is 3.66. The van der Waals surface area contributed by atoms with Gasteiger partial charge in [-0.25, -0.2) is 12.8 Å². The van der Waals surface area contributed by atoms with Gasteiger partial charge >= 0.3 is 0 Å². The maximum Gasteiger partial charge on any atom is 0.158 e. The van der Waals surface area contributed by atoms with Crippen molar-refractivity contribution in [3.8, 4) is 0 Å². The van der Waals surface area contributed by atoms with Gasteiger partial charge in [0.05, 0.1) is 17.2 Å². The van der Waals surface area contributed by atoms with Crippen LogP contribution in [0.25, 0.3) is 0 Å². The lowest BCUT2D eigenvalue weighted by atomic mass is 10.2. The Morgan fingerprint density at radius 2 is 2.00 bits per heavy atom. The Labute approximate surface area is 121 Å². The minimum atomic E-state index is -3.44. The van der Waals surface area contributed by atoms with Crippen molar-refractivity contribution in [3.05, 3.63) is 51.6 Å². The molecule has 4 nitrogen and oxygen atoms in total. The molecular weight excluding hydrogens is 305 g/mol. The van der Waals surface area contributed by atoms with E-state index < -0.39 is 15.7 Å². The van der Waals surface area contributed by atoms with E-state index in [1.165, 1.54) is 12.1 Å². The lowest BCUT2D eigenvalue weighted by Crippen LogP contribution is -2.09. The molecule has 7 heteroatoms. The third-order valence-corrected chi connectivity index (χ3v) is 4.77. The molecule has 0 saturated heterocycles. The number of benzene rings is 1. The fourth-order valence-electron chi connectivity index (χ4n) is 1.85. The number of hydrogen-bond donors (Lipinski definition) is 0. The first-order valence-corrected chi connectivity index (χ1v) is 8.04. The Morgan fingerprint density at radius 3 is 2.55 bits per heavy atom. The Morgan fingerprint density at radius 1 is 1.30 bits per heavy atom. The highest BCUT2D eigenvalue weighted by Gasteiger charge is 2.20. The molecule has 20 heavy (non-hydrogen) atoms. The van der Waals surface area contributed by atoms with Crippen LogP contribution in [0.5, 0.6) is 0 Å². The molecule has 1 aromatic carbocycles. The lowest BCUT2D eigenvalue weighted by Gasteiger charge is -2.06. The van der Waals surface area contributed by atoms with Crippen LogP contribution in [0.2, 0.25) is 5.02 Å². The zero-order valence-electron chi connectivity index (χ0n) is 11.0. The normalized spacial score (nSPS) is 11.8. The quantitative estimate of drug-likeness (QED) is 0.869. The van der Waals surface area contributed by atoms with Crippen molar-refractivity contribution in [2.75, 3.05) is 0 Å². The van der Waals surface area contributed by atoms with E-state index in [1.54, 1.807) is 13.8 Å². The van der Waals surface area contributed by atoms with Crippen molar-refractivity contribution >= 4 is 21.4 Å². The van der Waals surface area contributed by atoms with Gasteiger partial charge in [-0.1, -0.05) is 22.8 Å². The molecule has 0 bridgehead atoms. The van der Waals surface area contributed by atoms with Gasteiger partial charge in [-0.3, -0.25) is 0 Å². The van der Waals surface area contributed by atoms with E-state index in [0.717, 1.165) is 6.07 Å². The van der Waals surface area contributed by atoms with Gasteiger partial charge in [0.25, 0.3) is 0 Å². The topological polar surface area (TPSA) is 60.2 Å². The highest BCUT2D eigenvalue weighted by molar-refractivity contribution is 7.89. The first-order valence-electron chi connectivity index (χ1n) is 5.84. The van der Waals surface area contributed by atoms with E-state index >= 15 is 0 Å². The predicted octanol–water partition coefficient (Wildman–Crippen LogP) is 3.20. The van der Waals surface area contributed by atoms with Gasteiger partial charge in [0.2, 0.25) is 0 Å². The molecule has 0 N–H and O–H groups in total. The van der Waals surface area contributed by atoms with Crippen LogP contribution in [0.4, 0.5) is 4.39 Å². The largest absolute Gasteiger partial charge is 0.361 e. The van der Waals surface area contributed by atoms with Crippen molar-refractivity contribution < 1.29 is 17.3 Å². The number of aryl methyl sites for hydroxylation is 2. The summed E-state index contributed by atoms with van der Waals surface area (Å²) < 4.78 is 42.3. The highest BCUT2D eigenvalue weighted by atomic mass is 35.5. The number of sulfone groups is 1. The molecule has 0 saturated carbocycles. The van der Waals surface area contributed by atoms with E-state index in [0.29, 0.717) is 22.6 Å². The number of rotatable bonds is 4. The summed E-state index contributed by atoms with van der Waals surface area (Å²) in [5, 5.41) is 3.83. The Hall–Kier alpha value is -1.40. The summed E-state index contributed by atoms with van der Waals surface area (Å²) in [7, 11) is -3.44. The van der Waals surface area contributed by atoms with Gasteiger partial charge < -0.3 is 4.52 Å². The first kappa shape index (κ1) is 15.0. The molecule has 0 atom stereocenters. The zero-order chi connectivity index (χ0) is 14.9. The van der Waals surface area contributed by atoms with Gasteiger partial charge in [-0.15, -0.1) is 0 Å². The fraction of sp³-hybridized carbons (Fsp3) is 0.308. The molecule has 0 fully saturated rings. The van der Waals surface area contributed by atoms with Crippen molar-refractivity contribution in [2.45, 2.75) is 25.4 Å². The number of nitrogens with zero attached hydrogens (tertiary/aromatic N) is 1. The zero-order valence-corrected chi connectivity index (χ0v) is 12.6. The minimum absolute atomic E-state index is 0.104. The van der Waals surface area contributed by atoms with Gasteiger partial charge in [0.1, 0.15) is 11.6 Å². The highest BCUT2D eigenvalue weighted by Crippen LogP contribution is 2.23. The molecule has 0 aliphatic heterocycles. The van der Waals surface area contributed by atoms with E-state index in [-0.39, 0.29) is 16.5 Å². The second kappa shape index (κ2) is 5.54. The van der Waals surface area contributed by atoms with E-state index in [1.807, 2.05) is 0 Å². The summed E-state index contributed by atoms with van der Waals surface area (Å²) in [5.41, 5.74) is 1.49. The Kier molecular flexibility index (Phi) is 4.15. The van der Waals surface area contributed by atoms with Crippen LogP contribution in [0.3, 0.4) is 0 Å². The van der Waals surface area contributed by atoms with Crippen LogP contribution in [-0.4, -0.2) is 13.6 Å². The molecule has 0 unspecified atom stereocenters. The molecule has 0 radical (unpaired) electrons. The first-order chi connectivity index (χ1) is 9.28. The molecule has 2 aromatic rings. The van der Waals surface area contributed by atoms with Gasteiger partial charge in [-0.05, 0) is 31.5 Å². The van der Waals surface area contributed by atoms with Crippen LogP contribution in [0.15, 0.2) is 22.7 Å². The maximum atomic E-state index is 12.9. The van der Waals surface area contributed by atoms with Gasteiger partial charge in [0, 0.05) is 10.6 Å². The van der Waals surface area contributed by atoms with Crippen LogP contribution in [-0.2, 0) is 21.3 Å². The molecular formula is C13H13ClFNO3S. The average Bonchev–Trinajstić information content (AvgIpc) is 2.64. The maximum absolute atomic E-state index is 12.9. The second-order valence-electron chi connectivity index (χ2n) is 4.57. The SMILES string of the molecule is Cc1noc(C)c1CS(=O)(=O)Cc1ccc(F)cc1Cl. The smallest absolute Gasteiger partial charge is 0.158 e. The summed E-state index contributed by atoms with van der Waals surface area (Å²) >= 11 is 5.84. The predicted molar refractivity (Wildman–Crippen MR) is 73.7 cm³/mol. The molecule has 108 valence electrons. The van der Waals surface area contributed by atoms with Crippen LogP contribution >= 0.6 is 11.6 Å². The van der Waals surface area contributed by atoms with Crippen molar-refractivity contribution in [1.29, 1.82) is 0 Å². The third-order valence-electron chi connectivity index (χ3n) is 2.94. The average molecular weight is 318 g/mol. The molecule has 1 aromatic heterocycles. The summed E-state index contributed by atoms with van der Waals surface area (Å²) in [6.45, 7) is 3.35. The monoisotopic (exact) mass is 317 g/mol. The molecule has 1 heterocycles. The minimum Gasteiger partial charge on any atom is -0.361 e.